The third kappa shape index (κ3) is 4.57. The number of carbonyl (C=O) groups excluding carboxylic acids is 1. The first kappa shape index (κ1) is 17.4. The molecule has 2 aromatic heterocycles. The lowest BCUT2D eigenvalue weighted by molar-refractivity contribution is -0.123. The van der Waals surface area contributed by atoms with E-state index in [0.29, 0.717) is 12.3 Å². The van der Waals surface area contributed by atoms with Gasteiger partial charge in [0.25, 0.3) is 5.91 Å². The number of methoxy groups -OCH3 is 1. The van der Waals surface area contributed by atoms with E-state index in [9.17, 15) is 4.79 Å². The fourth-order valence-electron chi connectivity index (χ4n) is 2.42. The molecule has 1 amide bonds. The first-order valence-corrected chi connectivity index (χ1v) is 8.14. The molecule has 0 aliphatic rings. The Morgan fingerprint density at radius 1 is 1.00 bits per heavy atom. The summed E-state index contributed by atoms with van der Waals surface area (Å²) in [5.41, 5.74) is 2.71. The van der Waals surface area contributed by atoms with E-state index in [0.717, 1.165) is 22.6 Å². The van der Waals surface area contributed by atoms with Crippen molar-refractivity contribution in [2.75, 3.05) is 13.7 Å². The minimum absolute atomic E-state index is 0.0584. The highest BCUT2D eigenvalue weighted by atomic mass is 16.5. The number of hydrogen-bond donors (Lipinski definition) is 1. The number of pyridine rings is 2. The number of carbonyl (C=O) groups is 1. The van der Waals surface area contributed by atoms with E-state index < -0.39 is 0 Å². The lowest BCUT2D eigenvalue weighted by Crippen LogP contribution is -2.28. The van der Waals surface area contributed by atoms with Gasteiger partial charge in [0.15, 0.2) is 6.61 Å². The van der Waals surface area contributed by atoms with E-state index in [-0.39, 0.29) is 12.5 Å². The Morgan fingerprint density at radius 2 is 1.73 bits per heavy atom. The van der Waals surface area contributed by atoms with Crippen LogP contribution in [-0.2, 0) is 11.3 Å². The van der Waals surface area contributed by atoms with Crippen LogP contribution in [0.25, 0.3) is 11.3 Å². The maximum Gasteiger partial charge on any atom is 0.258 e. The summed E-state index contributed by atoms with van der Waals surface area (Å²) in [4.78, 5) is 20.5. The first-order chi connectivity index (χ1) is 12.8. The van der Waals surface area contributed by atoms with Crippen LogP contribution in [0.4, 0.5) is 0 Å². The van der Waals surface area contributed by atoms with Gasteiger partial charge in [-0.2, -0.15) is 0 Å². The molecule has 2 heterocycles. The van der Waals surface area contributed by atoms with E-state index in [1.54, 1.807) is 50.0 Å². The largest absolute Gasteiger partial charge is 0.497 e. The molecular weight excluding hydrogens is 330 g/mol. The normalized spacial score (nSPS) is 10.2. The zero-order valence-corrected chi connectivity index (χ0v) is 14.4. The number of rotatable bonds is 7. The summed E-state index contributed by atoms with van der Waals surface area (Å²) in [5, 5.41) is 2.86. The molecule has 0 fully saturated rings. The predicted molar refractivity (Wildman–Crippen MR) is 97.8 cm³/mol. The van der Waals surface area contributed by atoms with Gasteiger partial charge in [0.2, 0.25) is 0 Å². The van der Waals surface area contributed by atoms with Crippen LogP contribution >= 0.6 is 0 Å². The second-order valence-corrected chi connectivity index (χ2v) is 5.49. The van der Waals surface area contributed by atoms with Gasteiger partial charge in [0.1, 0.15) is 11.5 Å². The second-order valence-electron chi connectivity index (χ2n) is 5.49. The minimum atomic E-state index is -0.203. The number of benzene rings is 1. The lowest BCUT2D eigenvalue weighted by atomic mass is 10.1. The summed E-state index contributed by atoms with van der Waals surface area (Å²) < 4.78 is 10.6. The molecule has 0 radical (unpaired) electrons. The van der Waals surface area contributed by atoms with Crippen molar-refractivity contribution >= 4 is 5.91 Å². The van der Waals surface area contributed by atoms with Gasteiger partial charge >= 0.3 is 0 Å². The quantitative estimate of drug-likeness (QED) is 0.710. The number of hydrogen-bond acceptors (Lipinski definition) is 5. The Morgan fingerprint density at radius 3 is 2.46 bits per heavy atom. The highest BCUT2D eigenvalue weighted by Gasteiger charge is 2.08. The smallest absolute Gasteiger partial charge is 0.258 e. The van der Waals surface area contributed by atoms with Gasteiger partial charge in [-0.15, -0.1) is 0 Å². The van der Waals surface area contributed by atoms with E-state index >= 15 is 0 Å². The Balaban J connectivity index is 1.56. The van der Waals surface area contributed by atoms with Crippen LogP contribution in [0.5, 0.6) is 11.5 Å². The van der Waals surface area contributed by atoms with Gasteiger partial charge in [0.05, 0.1) is 12.8 Å². The Kier molecular flexibility index (Phi) is 5.77. The molecule has 6 heteroatoms. The van der Waals surface area contributed by atoms with Gasteiger partial charge in [0, 0.05) is 30.7 Å². The van der Waals surface area contributed by atoms with E-state index in [1.807, 2.05) is 24.3 Å². The number of nitrogens with zero attached hydrogens (tertiary/aromatic N) is 2. The van der Waals surface area contributed by atoms with Crippen molar-refractivity contribution in [3.05, 3.63) is 72.7 Å². The third-order valence-electron chi connectivity index (χ3n) is 3.75. The average Bonchev–Trinajstić information content (AvgIpc) is 2.72. The molecule has 0 aliphatic carbocycles. The molecule has 0 unspecified atom stereocenters. The fourth-order valence-corrected chi connectivity index (χ4v) is 2.42. The van der Waals surface area contributed by atoms with Crippen LogP contribution < -0.4 is 14.8 Å². The molecule has 6 nitrogen and oxygen atoms in total. The summed E-state index contributed by atoms with van der Waals surface area (Å²) in [6.07, 6.45) is 5.16. The van der Waals surface area contributed by atoms with Crippen molar-refractivity contribution in [3.8, 4) is 22.8 Å². The van der Waals surface area contributed by atoms with Gasteiger partial charge in [-0.25, -0.2) is 0 Å². The fraction of sp³-hybridized carbons (Fsp3) is 0.150. The van der Waals surface area contributed by atoms with Crippen LogP contribution in [-0.4, -0.2) is 29.6 Å². The summed E-state index contributed by atoms with van der Waals surface area (Å²) in [5.74, 6) is 1.15. The number of ether oxygens (including phenoxy) is 2. The molecule has 0 bridgehead atoms. The number of nitrogens with one attached hydrogen (secondary N) is 1. The molecule has 1 N–H and O–H groups in total. The maximum absolute atomic E-state index is 12.1. The average molecular weight is 349 g/mol. The molecule has 0 saturated carbocycles. The van der Waals surface area contributed by atoms with Crippen molar-refractivity contribution in [1.82, 2.24) is 15.3 Å². The molecular formula is C20H19N3O3. The third-order valence-corrected chi connectivity index (χ3v) is 3.75. The summed E-state index contributed by atoms with van der Waals surface area (Å²) in [6, 6.07) is 14.6. The molecule has 132 valence electrons. The predicted octanol–water partition coefficient (Wildman–Crippen LogP) is 2.85. The SMILES string of the molecule is COc1ccc(OCC(=O)NCc2cccnc2-c2ccncc2)cc1. The van der Waals surface area contributed by atoms with E-state index in [2.05, 4.69) is 15.3 Å². The molecule has 3 rings (SSSR count). The van der Waals surface area contributed by atoms with Crippen molar-refractivity contribution in [3.63, 3.8) is 0 Å². The minimum Gasteiger partial charge on any atom is -0.497 e. The Bertz CT molecular complexity index is 852. The van der Waals surface area contributed by atoms with Gasteiger partial charge in [-0.05, 0) is 48.0 Å². The molecule has 3 aromatic rings. The summed E-state index contributed by atoms with van der Waals surface area (Å²) >= 11 is 0. The zero-order chi connectivity index (χ0) is 18.2. The highest BCUT2D eigenvalue weighted by Crippen LogP contribution is 2.20. The molecule has 0 spiro atoms. The van der Waals surface area contributed by atoms with Crippen LogP contribution in [0.15, 0.2) is 67.1 Å². The first-order valence-electron chi connectivity index (χ1n) is 8.14. The molecule has 0 atom stereocenters. The molecule has 0 saturated heterocycles. The van der Waals surface area contributed by atoms with Crippen LogP contribution in [0, 0.1) is 0 Å². The molecule has 26 heavy (non-hydrogen) atoms. The zero-order valence-electron chi connectivity index (χ0n) is 14.4. The topological polar surface area (TPSA) is 73.3 Å². The van der Waals surface area contributed by atoms with Crippen LogP contribution in [0.1, 0.15) is 5.56 Å². The van der Waals surface area contributed by atoms with Crippen LogP contribution in [0.2, 0.25) is 0 Å². The highest BCUT2D eigenvalue weighted by molar-refractivity contribution is 5.77. The Hall–Kier alpha value is -3.41. The van der Waals surface area contributed by atoms with Crippen molar-refractivity contribution in [1.29, 1.82) is 0 Å². The molecule has 1 aromatic carbocycles. The number of aromatic nitrogens is 2. The van der Waals surface area contributed by atoms with Gasteiger partial charge in [-0.1, -0.05) is 6.07 Å². The van der Waals surface area contributed by atoms with Crippen molar-refractivity contribution in [2.24, 2.45) is 0 Å². The second kappa shape index (κ2) is 8.62. The summed E-state index contributed by atoms with van der Waals surface area (Å²) in [6.45, 7) is 0.313. The summed E-state index contributed by atoms with van der Waals surface area (Å²) in [7, 11) is 1.60. The number of amides is 1. The molecule has 0 aliphatic heterocycles. The maximum atomic E-state index is 12.1. The standard InChI is InChI=1S/C20H19N3O3/c1-25-17-4-6-18(7-5-17)26-14-19(24)23-13-16-3-2-10-22-20(16)15-8-11-21-12-9-15/h2-12H,13-14H2,1H3,(H,23,24). The van der Waals surface area contributed by atoms with Crippen LogP contribution in [0.3, 0.4) is 0 Å². The lowest BCUT2D eigenvalue weighted by Gasteiger charge is -2.11. The Labute approximate surface area is 151 Å². The monoisotopic (exact) mass is 349 g/mol. The van der Waals surface area contributed by atoms with Gasteiger partial charge in [-0.3, -0.25) is 14.8 Å². The van der Waals surface area contributed by atoms with Crippen molar-refractivity contribution in [2.45, 2.75) is 6.54 Å². The van der Waals surface area contributed by atoms with Crippen molar-refractivity contribution < 1.29 is 14.3 Å². The van der Waals surface area contributed by atoms with Gasteiger partial charge < -0.3 is 14.8 Å². The van der Waals surface area contributed by atoms with E-state index in [4.69, 9.17) is 9.47 Å². The van der Waals surface area contributed by atoms with E-state index in [1.165, 1.54) is 0 Å².